The number of hydrogen-bond acceptors (Lipinski definition) is 3. The molecule has 0 bridgehead atoms. The molecule has 0 rings (SSSR count). The topological polar surface area (TPSA) is 58.0 Å². The summed E-state index contributed by atoms with van der Waals surface area (Å²) < 4.78 is 20.7. The quantitative estimate of drug-likeness (QED) is 0.625. The van der Waals surface area contributed by atoms with Crippen molar-refractivity contribution in [2.45, 2.75) is 0 Å². The number of allylic oxidation sites excluding steroid dienone is 1. The van der Waals surface area contributed by atoms with Gasteiger partial charge in [0.15, 0.2) is 0 Å². The molecule has 0 aromatic heterocycles. The van der Waals surface area contributed by atoms with E-state index in [1.54, 1.807) is 6.66 Å². The molecule has 7 heteroatoms. The first-order valence-electron chi connectivity index (χ1n) is 3.85. The van der Waals surface area contributed by atoms with Gasteiger partial charge in [0, 0.05) is 10.7 Å². The van der Waals surface area contributed by atoms with Crippen LogP contribution in [0.5, 0.6) is 0 Å². The summed E-state index contributed by atoms with van der Waals surface area (Å²) in [6.45, 7) is 1.75. The zero-order valence-corrected chi connectivity index (χ0v) is 12.2. The van der Waals surface area contributed by atoms with E-state index in [9.17, 15) is 9.13 Å². The van der Waals surface area contributed by atoms with E-state index in [0.29, 0.717) is 10.4 Å². The molecule has 0 aliphatic heterocycles. The second-order valence-corrected chi connectivity index (χ2v) is 6.29. The Hall–Kier alpha value is -0.720. The Labute approximate surface area is 101 Å². The van der Waals surface area contributed by atoms with Crippen molar-refractivity contribution >= 4 is 33.9 Å². The first-order valence-corrected chi connectivity index (χ1v) is 8.05. The lowest BCUT2D eigenvalue weighted by molar-refractivity contribution is 0.601. The maximum atomic E-state index is 10.8. The van der Waals surface area contributed by atoms with E-state index in [4.69, 9.17) is 5.16 Å². The van der Waals surface area contributed by atoms with E-state index in [-0.39, 0.29) is 16.9 Å². The largest absolute Gasteiger partial charge is 0.317 e. The zero-order chi connectivity index (χ0) is 12.4. The normalized spacial score (nSPS) is 12.1. The molecule has 3 nitrogen and oxygen atoms in total. The van der Waals surface area contributed by atoms with Crippen molar-refractivity contribution < 1.29 is 9.13 Å². The summed E-state index contributed by atoms with van der Waals surface area (Å²) in [6, 6.07) is 0. The Bertz CT molecular complexity index is 531. The maximum absolute atomic E-state index is 10.8. The minimum absolute atomic E-state index is 0.210. The van der Waals surface area contributed by atoms with Crippen molar-refractivity contribution in [2.24, 2.45) is 0 Å². The molecule has 0 fully saturated rings. The van der Waals surface area contributed by atoms with E-state index in [2.05, 4.69) is 44.5 Å². The van der Waals surface area contributed by atoms with Gasteiger partial charge < -0.3 is 5.16 Å². The van der Waals surface area contributed by atoms with Crippen LogP contribution < -0.4 is 0 Å². The summed E-state index contributed by atoms with van der Waals surface area (Å²) in [5.74, 6) is 12.2. The third kappa shape index (κ3) is 6.71. The molecule has 1 N–H and O–H groups in total. The second-order valence-electron chi connectivity index (χ2n) is 2.31. The van der Waals surface area contributed by atoms with Crippen molar-refractivity contribution in [3.63, 3.8) is 0 Å². The predicted octanol–water partition coefficient (Wildman–Crippen LogP) is 3.19. The van der Waals surface area contributed by atoms with E-state index in [1.807, 2.05) is 0 Å². The van der Waals surface area contributed by atoms with Crippen LogP contribution in [0.15, 0.2) is 10.4 Å². The van der Waals surface area contributed by atoms with E-state index in [0.717, 1.165) is 0 Å². The fraction of sp³-hybridized carbons (Fsp3) is 0.111. The molecule has 0 spiro atoms. The minimum Gasteiger partial charge on any atom is -0.317 e. The van der Waals surface area contributed by atoms with Crippen molar-refractivity contribution in [3.05, 3.63) is 10.4 Å². The first-order chi connectivity index (χ1) is 7.63. The molecule has 0 radical (unpaired) electrons. The predicted molar refractivity (Wildman–Crippen MR) is 72.2 cm³/mol. The molecular formula is C9H7NO2P4. The highest BCUT2D eigenvalue weighted by atomic mass is 31.1. The van der Waals surface area contributed by atoms with Crippen LogP contribution in [0.25, 0.3) is 0 Å². The molecular weight excluding hydrogens is 278 g/mol. The van der Waals surface area contributed by atoms with Gasteiger partial charge in [-0.2, -0.15) is 0 Å². The van der Waals surface area contributed by atoms with Crippen molar-refractivity contribution in [1.29, 1.82) is 5.16 Å². The third-order valence-electron chi connectivity index (χ3n) is 1.22. The molecule has 0 aromatic carbocycles. The smallest absolute Gasteiger partial charge is 0.247 e. The molecule has 2 atom stereocenters. The lowest BCUT2D eigenvalue weighted by Gasteiger charge is -1.96. The minimum atomic E-state index is -1.41. The van der Waals surface area contributed by atoms with Gasteiger partial charge in [0.05, 0.1) is 0 Å². The maximum Gasteiger partial charge on any atom is 0.247 e. The summed E-state index contributed by atoms with van der Waals surface area (Å²) in [7, 11) is 0.485. The molecule has 0 saturated carbocycles. The molecule has 2 unspecified atom stereocenters. The lowest BCUT2D eigenvalue weighted by atomic mass is 10.5. The molecule has 0 aromatic rings. The SMILES string of the molecule is C[PH](=N)/C(P)=C(/C#CC#CC#CP=O)P=O. The van der Waals surface area contributed by atoms with Crippen LogP contribution in [0.2, 0.25) is 0 Å². The summed E-state index contributed by atoms with van der Waals surface area (Å²) in [5.41, 5.74) is 2.21. The van der Waals surface area contributed by atoms with Crippen LogP contribution in [-0.2, 0) is 9.13 Å². The van der Waals surface area contributed by atoms with Crippen molar-refractivity contribution in [3.8, 4) is 35.3 Å². The number of rotatable bonds is 2. The number of nitrogens with one attached hydrogen (secondary N) is 1. The highest BCUT2D eigenvalue weighted by Gasteiger charge is 1.99. The highest BCUT2D eigenvalue weighted by Crippen LogP contribution is 2.39. The Morgan fingerprint density at radius 3 is 2.38 bits per heavy atom. The average Bonchev–Trinajstić information content (AvgIpc) is 2.27. The molecule has 0 aliphatic carbocycles. The number of hydrogen-bond donors (Lipinski definition) is 1. The van der Waals surface area contributed by atoms with Gasteiger partial charge in [-0.25, -0.2) is 0 Å². The summed E-state index contributed by atoms with van der Waals surface area (Å²) in [4.78, 5) is 0. The lowest BCUT2D eigenvalue weighted by Crippen LogP contribution is -1.68. The van der Waals surface area contributed by atoms with Gasteiger partial charge >= 0.3 is 0 Å². The summed E-state index contributed by atoms with van der Waals surface area (Å²) >= 11 is 0. The molecule has 0 saturated heterocycles. The Morgan fingerprint density at radius 1 is 1.25 bits per heavy atom. The first kappa shape index (κ1) is 15.3. The Balaban J connectivity index is 4.94. The zero-order valence-electron chi connectivity index (χ0n) is 8.29. The van der Waals surface area contributed by atoms with E-state index < -0.39 is 7.71 Å². The van der Waals surface area contributed by atoms with Gasteiger partial charge in [0.1, 0.15) is 5.31 Å². The van der Waals surface area contributed by atoms with Gasteiger partial charge in [0.25, 0.3) is 0 Å². The van der Waals surface area contributed by atoms with E-state index >= 15 is 0 Å². The fourth-order valence-corrected chi connectivity index (χ4v) is 2.11. The van der Waals surface area contributed by atoms with Crippen LogP contribution in [0, 0.1) is 40.4 Å². The molecule has 0 aliphatic rings. The molecule has 16 heavy (non-hydrogen) atoms. The summed E-state index contributed by atoms with van der Waals surface area (Å²) in [5, 5.41) is 8.55. The van der Waals surface area contributed by atoms with Crippen LogP contribution in [0.3, 0.4) is 0 Å². The summed E-state index contributed by atoms with van der Waals surface area (Å²) in [6.07, 6.45) is 0. The standard InChI is InChI=1S/C9H7NO2P4/c1-16(10)9(13)8(15-12)6-4-2-3-5-7-14-11/h10,16H,13H2,1H3/b9-8-. The van der Waals surface area contributed by atoms with E-state index in [1.165, 1.54) is 0 Å². The van der Waals surface area contributed by atoms with Gasteiger partial charge in [-0.3, -0.25) is 9.13 Å². The third-order valence-corrected chi connectivity index (χ3v) is 5.06. The molecule has 80 valence electrons. The second kappa shape index (κ2) is 9.50. The molecule has 0 amide bonds. The van der Waals surface area contributed by atoms with Gasteiger partial charge in [-0.1, -0.05) is 0 Å². The van der Waals surface area contributed by atoms with Crippen LogP contribution in [-0.4, -0.2) is 6.66 Å². The Kier molecular flexibility index (Phi) is 9.07. The van der Waals surface area contributed by atoms with Gasteiger partial charge in [-0.15, -0.1) is 9.24 Å². The van der Waals surface area contributed by atoms with Crippen LogP contribution in [0.4, 0.5) is 0 Å². The highest BCUT2D eigenvalue weighted by molar-refractivity contribution is 7.62. The Morgan fingerprint density at radius 2 is 1.88 bits per heavy atom. The van der Waals surface area contributed by atoms with Crippen LogP contribution in [0.1, 0.15) is 0 Å². The van der Waals surface area contributed by atoms with Crippen molar-refractivity contribution in [1.82, 2.24) is 0 Å². The van der Waals surface area contributed by atoms with Gasteiger partial charge in [-0.05, 0) is 44.0 Å². The monoisotopic (exact) mass is 285 g/mol. The van der Waals surface area contributed by atoms with Crippen LogP contribution >= 0.6 is 33.9 Å². The fourth-order valence-electron chi connectivity index (χ4n) is 0.521. The average molecular weight is 285 g/mol. The molecule has 0 heterocycles. The van der Waals surface area contributed by atoms with Crippen molar-refractivity contribution in [2.75, 3.05) is 6.66 Å². The van der Waals surface area contributed by atoms with Gasteiger partial charge in [0.2, 0.25) is 16.9 Å².